The number of hydrogen-bond donors (Lipinski definition) is 2. The number of likely N-dealkylation sites (N-methyl/N-ethyl adjacent to an activating group) is 1. The number of carbonyl (C=O) groups is 2. The molecular weight excluding hydrogens is 422 g/mol. The van der Waals surface area contributed by atoms with Crippen LogP contribution >= 0.6 is 15.9 Å². The van der Waals surface area contributed by atoms with Crippen LogP contribution in [-0.4, -0.2) is 72.1 Å². The van der Waals surface area contributed by atoms with Crippen molar-refractivity contribution in [1.29, 1.82) is 0 Å². The smallest absolute Gasteiger partial charge is 0.271 e. The van der Waals surface area contributed by atoms with Crippen LogP contribution < -0.4 is 5.32 Å². The first-order valence-corrected chi connectivity index (χ1v) is 10.3. The van der Waals surface area contributed by atoms with E-state index in [2.05, 4.69) is 31.4 Å². The van der Waals surface area contributed by atoms with Gasteiger partial charge in [-0.1, -0.05) is 28.1 Å². The van der Waals surface area contributed by atoms with Gasteiger partial charge in [0, 0.05) is 42.1 Å². The van der Waals surface area contributed by atoms with Crippen molar-refractivity contribution in [2.75, 3.05) is 40.3 Å². The third kappa shape index (κ3) is 5.20. The number of likely N-dealkylation sites (tertiary alicyclic amines) is 1. The number of rotatable bonds is 6. The second kappa shape index (κ2) is 9.34. The van der Waals surface area contributed by atoms with Gasteiger partial charge in [0.2, 0.25) is 5.91 Å². The van der Waals surface area contributed by atoms with Crippen LogP contribution in [0.15, 0.2) is 34.8 Å². The minimum atomic E-state index is -0.0673. The van der Waals surface area contributed by atoms with E-state index in [1.165, 1.54) is 0 Å². The van der Waals surface area contributed by atoms with Crippen molar-refractivity contribution >= 4 is 27.7 Å². The lowest BCUT2D eigenvalue weighted by Crippen LogP contribution is -2.44. The molecule has 2 heterocycles. The summed E-state index contributed by atoms with van der Waals surface area (Å²) >= 11 is 3.41. The molecule has 0 spiro atoms. The zero-order chi connectivity index (χ0) is 20.1. The summed E-state index contributed by atoms with van der Waals surface area (Å²) in [6, 6.07) is 9.58. The number of nitrogens with one attached hydrogen (secondary N) is 2. The van der Waals surface area contributed by atoms with Crippen LogP contribution in [0.4, 0.5) is 0 Å². The van der Waals surface area contributed by atoms with E-state index in [1.807, 2.05) is 43.3 Å². The molecule has 1 aliphatic rings. The van der Waals surface area contributed by atoms with Gasteiger partial charge in [-0.15, -0.1) is 0 Å². The summed E-state index contributed by atoms with van der Waals surface area (Å²) in [5.74, 6) is 0.00153. The Morgan fingerprint density at radius 3 is 2.57 bits per heavy atom. The predicted molar refractivity (Wildman–Crippen MR) is 112 cm³/mol. The first-order chi connectivity index (χ1) is 13.4. The van der Waals surface area contributed by atoms with E-state index in [9.17, 15) is 9.59 Å². The van der Waals surface area contributed by atoms with E-state index < -0.39 is 0 Å². The molecule has 8 heteroatoms. The number of hydrogen-bond acceptors (Lipinski definition) is 4. The normalized spacial score (nSPS) is 15.1. The Bertz CT molecular complexity index is 810. The zero-order valence-electron chi connectivity index (χ0n) is 16.2. The molecule has 1 aliphatic heterocycles. The van der Waals surface area contributed by atoms with Gasteiger partial charge in [0.05, 0.1) is 5.69 Å². The molecule has 1 fully saturated rings. The molecule has 150 valence electrons. The number of H-pyrrole nitrogens is 1. The van der Waals surface area contributed by atoms with Gasteiger partial charge in [0.1, 0.15) is 5.69 Å². The summed E-state index contributed by atoms with van der Waals surface area (Å²) in [6.07, 6.45) is 1.38. The minimum absolute atomic E-state index is 0.0219. The fourth-order valence-corrected chi connectivity index (χ4v) is 3.53. The molecule has 28 heavy (non-hydrogen) atoms. The highest BCUT2D eigenvalue weighted by Gasteiger charge is 2.28. The Morgan fingerprint density at radius 1 is 1.25 bits per heavy atom. The molecule has 1 aromatic heterocycles. The third-order valence-corrected chi connectivity index (χ3v) is 5.49. The molecule has 1 aromatic carbocycles. The van der Waals surface area contributed by atoms with E-state index in [1.54, 1.807) is 11.0 Å². The molecule has 2 aromatic rings. The number of halogens is 1. The number of amides is 2. The lowest BCUT2D eigenvalue weighted by Gasteiger charge is -2.31. The number of piperidine rings is 1. The Morgan fingerprint density at radius 2 is 1.93 bits per heavy atom. The van der Waals surface area contributed by atoms with E-state index in [0.717, 1.165) is 22.3 Å². The maximum atomic E-state index is 12.8. The zero-order valence-corrected chi connectivity index (χ0v) is 17.8. The third-order valence-electron chi connectivity index (χ3n) is 4.96. The number of aromatic nitrogens is 2. The van der Waals surface area contributed by atoms with Crippen molar-refractivity contribution in [2.24, 2.45) is 5.92 Å². The summed E-state index contributed by atoms with van der Waals surface area (Å²) < 4.78 is 0.997. The molecule has 1 saturated heterocycles. The predicted octanol–water partition coefficient (Wildman–Crippen LogP) is 2.37. The van der Waals surface area contributed by atoms with Gasteiger partial charge < -0.3 is 15.1 Å². The largest absolute Gasteiger partial charge is 0.355 e. The van der Waals surface area contributed by atoms with Gasteiger partial charge in [-0.05, 0) is 45.1 Å². The average Bonchev–Trinajstić information content (AvgIpc) is 3.18. The Kier molecular flexibility index (Phi) is 6.85. The van der Waals surface area contributed by atoms with Gasteiger partial charge >= 0.3 is 0 Å². The molecule has 0 aliphatic carbocycles. The van der Waals surface area contributed by atoms with Gasteiger partial charge in [-0.2, -0.15) is 5.10 Å². The monoisotopic (exact) mass is 447 g/mol. The molecule has 0 saturated carbocycles. The van der Waals surface area contributed by atoms with Crippen molar-refractivity contribution < 1.29 is 9.59 Å². The fourth-order valence-electron chi connectivity index (χ4n) is 3.26. The number of aromatic amines is 1. The maximum absolute atomic E-state index is 12.8. The molecule has 0 unspecified atom stereocenters. The lowest BCUT2D eigenvalue weighted by molar-refractivity contribution is -0.126. The van der Waals surface area contributed by atoms with Gasteiger partial charge in [0.15, 0.2) is 0 Å². The SMILES string of the molecule is CN(C)CCNC(=O)C1CCN(C(=O)c2cc(-c3ccc(Br)cc3)n[nH]2)CC1. The van der Waals surface area contributed by atoms with Gasteiger partial charge in [0.25, 0.3) is 5.91 Å². The summed E-state index contributed by atoms with van der Waals surface area (Å²) in [6.45, 7) is 2.63. The summed E-state index contributed by atoms with van der Waals surface area (Å²) in [5.41, 5.74) is 2.17. The van der Waals surface area contributed by atoms with Crippen LogP contribution in [0.2, 0.25) is 0 Å². The summed E-state index contributed by atoms with van der Waals surface area (Å²) in [7, 11) is 3.96. The van der Waals surface area contributed by atoms with Crippen LogP contribution in [0.1, 0.15) is 23.3 Å². The standard InChI is InChI=1S/C20H26BrN5O2/c1-25(2)12-9-22-19(27)15-7-10-26(11-8-15)20(28)18-13-17(23-24-18)14-3-5-16(21)6-4-14/h3-6,13,15H,7-12H2,1-2H3,(H,22,27)(H,23,24). The minimum Gasteiger partial charge on any atom is -0.355 e. The number of carbonyl (C=O) groups excluding carboxylic acids is 2. The first kappa shape index (κ1) is 20.5. The summed E-state index contributed by atoms with van der Waals surface area (Å²) in [5, 5.41) is 10.1. The number of nitrogens with zero attached hydrogens (tertiary/aromatic N) is 3. The van der Waals surface area contributed by atoms with Crippen LogP contribution in [0.25, 0.3) is 11.3 Å². The topological polar surface area (TPSA) is 81.3 Å². The average molecular weight is 448 g/mol. The highest BCUT2D eigenvalue weighted by atomic mass is 79.9. The van der Waals surface area contributed by atoms with Crippen LogP contribution in [0.5, 0.6) is 0 Å². The second-order valence-corrected chi connectivity index (χ2v) is 8.25. The molecular formula is C20H26BrN5O2. The molecule has 0 atom stereocenters. The van der Waals surface area contributed by atoms with Gasteiger partial charge in [-0.25, -0.2) is 0 Å². The highest BCUT2D eigenvalue weighted by molar-refractivity contribution is 9.10. The van der Waals surface area contributed by atoms with E-state index in [-0.39, 0.29) is 17.7 Å². The first-order valence-electron chi connectivity index (χ1n) is 9.47. The molecule has 0 bridgehead atoms. The van der Waals surface area contributed by atoms with Crippen molar-refractivity contribution in [2.45, 2.75) is 12.8 Å². The second-order valence-electron chi connectivity index (χ2n) is 7.33. The maximum Gasteiger partial charge on any atom is 0.271 e. The lowest BCUT2D eigenvalue weighted by atomic mass is 9.95. The van der Waals surface area contributed by atoms with Crippen LogP contribution in [0.3, 0.4) is 0 Å². The van der Waals surface area contributed by atoms with E-state index in [0.29, 0.717) is 38.2 Å². The quantitative estimate of drug-likeness (QED) is 0.711. The Labute approximate surface area is 173 Å². The van der Waals surface area contributed by atoms with Crippen LogP contribution in [-0.2, 0) is 4.79 Å². The fraction of sp³-hybridized carbons (Fsp3) is 0.450. The van der Waals surface area contributed by atoms with E-state index >= 15 is 0 Å². The molecule has 0 radical (unpaired) electrons. The number of benzene rings is 1. The van der Waals surface area contributed by atoms with Crippen molar-refractivity contribution in [3.8, 4) is 11.3 Å². The molecule has 2 N–H and O–H groups in total. The highest BCUT2D eigenvalue weighted by Crippen LogP contribution is 2.23. The van der Waals surface area contributed by atoms with E-state index in [4.69, 9.17) is 0 Å². The molecule has 2 amide bonds. The van der Waals surface area contributed by atoms with Crippen molar-refractivity contribution in [3.63, 3.8) is 0 Å². The molecule has 3 rings (SSSR count). The Hall–Kier alpha value is -2.19. The molecule has 7 nitrogen and oxygen atoms in total. The van der Waals surface area contributed by atoms with Crippen LogP contribution in [0, 0.1) is 5.92 Å². The Balaban J connectivity index is 1.53. The van der Waals surface area contributed by atoms with Gasteiger partial charge in [-0.3, -0.25) is 14.7 Å². The summed E-state index contributed by atoms with van der Waals surface area (Å²) in [4.78, 5) is 28.9. The van der Waals surface area contributed by atoms with Crippen molar-refractivity contribution in [1.82, 2.24) is 25.3 Å². The van der Waals surface area contributed by atoms with Crippen molar-refractivity contribution in [3.05, 3.63) is 40.5 Å².